The molecule has 1 atom stereocenters. The van der Waals surface area contributed by atoms with Gasteiger partial charge in [-0.15, -0.1) is 0 Å². The fourth-order valence-corrected chi connectivity index (χ4v) is 2.49. The summed E-state index contributed by atoms with van der Waals surface area (Å²) in [6, 6.07) is 5.77. The molecule has 19 heavy (non-hydrogen) atoms. The van der Waals surface area contributed by atoms with E-state index < -0.39 is 0 Å². The third kappa shape index (κ3) is 3.07. The van der Waals surface area contributed by atoms with Crippen LogP contribution in [0.25, 0.3) is 0 Å². The zero-order valence-electron chi connectivity index (χ0n) is 11.9. The summed E-state index contributed by atoms with van der Waals surface area (Å²) in [6.45, 7) is 2.92. The van der Waals surface area contributed by atoms with Crippen molar-refractivity contribution in [3.8, 4) is 5.75 Å². The molecule has 1 amide bonds. The molecule has 1 aromatic rings. The number of piperidine rings is 1. The van der Waals surface area contributed by atoms with Gasteiger partial charge in [-0.2, -0.15) is 0 Å². The average Bonchev–Trinajstić information content (AvgIpc) is 2.46. The second kappa shape index (κ2) is 6.06. The van der Waals surface area contributed by atoms with E-state index in [1.54, 1.807) is 12.0 Å². The van der Waals surface area contributed by atoms with Crippen molar-refractivity contribution in [1.29, 1.82) is 0 Å². The molecular formula is C15H22N2O2. The highest BCUT2D eigenvalue weighted by Crippen LogP contribution is 2.24. The molecule has 1 aromatic carbocycles. The number of amides is 1. The number of carbonyl (C=O) groups is 1. The summed E-state index contributed by atoms with van der Waals surface area (Å²) in [4.78, 5) is 14.1. The number of likely N-dealkylation sites (N-methyl/N-ethyl adjacent to an activating group) is 1. The van der Waals surface area contributed by atoms with Gasteiger partial charge in [0.05, 0.1) is 13.2 Å². The first-order valence-corrected chi connectivity index (χ1v) is 6.79. The van der Waals surface area contributed by atoms with Gasteiger partial charge in [-0.3, -0.25) is 4.79 Å². The van der Waals surface area contributed by atoms with Gasteiger partial charge in [0.1, 0.15) is 5.75 Å². The van der Waals surface area contributed by atoms with Crippen LogP contribution in [-0.4, -0.2) is 32.7 Å². The van der Waals surface area contributed by atoms with Gasteiger partial charge in [-0.05, 0) is 50.1 Å². The Morgan fingerprint density at radius 3 is 2.79 bits per heavy atom. The molecule has 0 bridgehead atoms. The van der Waals surface area contributed by atoms with E-state index >= 15 is 0 Å². The van der Waals surface area contributed by atoms with E-state index in [0.29, 0.717) is 0 Å². The lowest BCUT2D eigenvalue weighted by Crippen LogP contribution is -2.47. The number of ether oxygens (including phenoxy) is 1. The molecule has 1 aliphatic rings. The van der Waals surface area contributed by atoms with Crippen molar-refractivity contribution in [1.82, 2.24) is 5.32 Å². The number of benzene rings is 1. The maximum absolute atomic E-state index is 12.4. The van der Waals surface area contributed by atoms with Crippen LogP contribution in [0.3, 0.4) is 0 Å². The van der Waals surface area contributed by atoms with Crippen molar-refractivity contribution in [2.45, 2.75) is 32.2 Å². The molecule has 4 nitrogen and oxygen atoms in total. The van der Waals surface area contributed by atoms with E-state index in [0.717, 1.165) is 42.8 Å². The molecule has 1 heterocycles. The topological polar surface area (TPSA) is 41.6 Å². The lowest BCUT2D eigenvalue weighted by molar-refractivity contribution is -0.120. The minimum Gasteiger partial charge on any atom is -0.496 e. The standard InChI is InChI=1S/C15H22N2O2/c1-11-10-12(7-8-14(11)19-3)17(2)15(18)13-6-4-5-9-16-13/h7-8,10,13,16H,4-6,9H2,1-3H3. The van der Waals surface area contributed by atoms with Crippen LogP contribution in [0.1, 0.15) is 24.8 Å². The summed E-state index contributed by atoms with van der Waals surface area (Å²) < 4.78 is 5.24. The number of aryl methyl sites for hydroxylation is 1. The van der Waals surface area contributed by atoms with Crippen molar-refractivity contribution in [2.75, 3.05) is 25.6 Å². The van der Waals surface area contributed by atoms with Gasteiger partial charge in [0, 0.05) is 12.7 Å². The number of nitrogens with one attached hydrogen (secondary N) is 1. The first kappa shape index (κ1) is 13.9. The Bertz CT molecular complexity index is 453. The van der Waals surface area contributed by atoms with Crippen LogP contribution in [0.4, 0.5) is 5.69 Å². The highest BCUT2D eigenvalue weighted by molar-refractivity contribution is 5.96. The second-order valence-electron chi connectivity index (χ2n) is 5.05. The molecule has 2 rings (SSSR count). The highest BCUT2D eigenvalue weighted by atomic mass is 16.5. The molecule has 0 aliphatic carbocycles. The summed E-state index contributed by atoms with van der Waals surface area (Å²) in [7, 11) is 3.49. The van der Waals surface area contributed by atoms with Gasteiger partial charge in [0.2, 0.25) is 5.91 Å². The number of nitrogens with zero attached hydrogens (tertiary/aromatic N) is 1. The van der Waals surface area contributed by atoms with Gasteiger partial charge in [0.15, 0.2) is 0 Å². The summed E-state index contributed by atoms with van der Waals surface area (Å²) in [5, 5.41) is 3.29. The number of carbonyl (C=O) groups excluding carboxylic acids is 1. The Morgan fingerprint density at radius 1 is 1.42 bits per heavy atom. The highest BCUT2D eigenvalue weighted by Gasteiger charge is 2.24. The van der Waals surface area contributed by atoms with Crippen molar-refractivity contribution >= 4 is 11.6 Å². The number of hydrogen-bond donors (Lipinski definition) is 1. The normalized spacial score (nSPS) is 19.0. The summed E-state index contributed by atoms with van der Waals surface area (Å²) >= 11 is 0. The smallest absolute Gasteiger partial charge is 0.243 e. The zero-order chi connectivity index (χ0) is 13.8. The predicted molar refractivity (Wildman–Crippen MR) is 76.8 cm³/mol. The van der Waals surface area contributed by atoms with E-state index in [9.17, 15) is 4.79 Å². The van der Waals surface area contributed by atoms with E-state index in [1.807, 2.05) is 32.2 Å². The van der Waals surface area contributed by atoms with Gasteiger partial charge in [-0.25, -0.2) is 0 Å². The van der Waals surface area contributed by atoms with E-state index in [-0.39, 0.29) is 11.9 Å². The Labute approximate surface area is 114 Å². The predicted octanol–water partition coefficient (Wildman–Crippen LogP) is 2.11. The third-order valence-corrected chi connectivity index (χ3v) is 3.70. The maximum atomic E-state index is 12.4. The third-order valence-electron chi connectivity index (χ3n) is 3.70. The lowest BCUT2D eigenvalue weighted by Gasteiger charge is -2.27. The van der Waals surface area contributed by atoms with E-state index in [2.05, 4.69) is 5.32 Å². The molecule has 1 aliphatic heterocycles. The van der Waals surface area contributed by atoms with Gasteiger partial charge < -0.3 is 15.0 Å². The van der Waals surface area contributed by atoms with Crippen molar-refractivity contribution < 1.29 is 9.53 Å². The molecule has 0 radical (unpaired) electrons. The van der Waals surface area contributed by atoms with Gasteiger partial charge in [0.25, 0.3) is 0 Å². The number of hydrogen-bond acceptors (Lipinski definition) is 3. The number of anilines is 1. The monoisotopic (exact) mass is 262 g/mol. The molecule has 1 saturated heterocycles. The Morgan fingerprint density at radius 2 is 2.21 bits per heavy atom. The molecule has 0 aromatic heterocycles. The molecule has 4 heteroatoms. The molecule has 0 spiro atoms. The van der Waals surface area contributed by atoms with Crippen molar-refractivity contribution in [3.05, 3.63) is 23.8 Å². The summed E-state index contributed by atoms with van der Waals surface area (Å²) in [6.07, 6.45) is 3.21. The largest absolute Gasteiger partial charge is 0.496 e. The van der Waals surface area contributed by atoms with Crippen LogP contribution in [0, 0.1) is 6.92 Å². The van der Waals surface area contributed by atoms with E-state index in [1.165, 1.54) is 0 Å². The summed E-state index contributed by atoms with van der Waals surface area (Å²) in [5.41, 5.74) is 1.95. The number of methoxy groups -OCH3 is 1. The average molecular weight is 262 g/mol. The first-order chi connectivity index (χ1) is 9.13. The maximum Gasteiger partial charge on any atom is 0.243 e. The van der Waals surface area contributed by atoms with Crippen LogP contribution in [0.2, 0.25) is 0 Å². The first-order valence-electron chi connectivity index (χ1n) is 6.79. The lowest BCUT2D eigenvalue weighted by atomic mass is 10.0. The Kier molecular flexibility index (Phi) is 4.43. The quantitative estimate of drug-likeness (QED) is 0.907. The minimum absolute atomic E-state index is 0.0406. The number of rotatable bonds is 3. The molecule has 1 fully saturated rings. The SMILES string of the molecule is COc1ccc(N(C)C(=O)C2CCCCN2)cc1C. The minimum atomic E-state index is -0.0406. The van der Waals surface area contributed by atoms with Crippen LogP contribution >= 0.6 is 0 Å². The fourth-order valence-electron chi connectivity index (χ4n) is 2.49. The van der Waals surface area contributed by atoms with Crippen LogP contribution < -0.4 is 15.0 Å². The Balaban J connectivity index is 2.11. The summed E-state index contributed by atoms with van der Waals surface area (Å²) in [5.74, 6) is 0.990. The second-order valence-corrected chi connectivity index (χ2v) is 5.05. The van der Waals surface area contributed by atoms with E-state index in [4.69, 9.17) is 4.74 Å². The fraction of sp³-hybridized carbons (Fsp3) is 0.533. The Hall–Kier alpha value is -1.55. The van der Waals surface area contributed by atoms with Crippen LogP contribution in [-0.2, 0) is 4.79 Å². The molecule has 104 valence electrons. The van der Waals surface area contributed by atoms with Crippen molar-refractivity contribution in [3.63, 3.8) is 0 Å². The van der Waals surface area contributed by atoms with Crippen LogP contribution in [0.5, 0.6) is 5.75 Å². The zero-order valence-corrected chi connectivity index (χ0v) is 11.9. The molecule has 0 saturated carbocycles. The van der Waals surface area contributed by atoms with Crippen molar-refractivity contribution in [2.24, 2.45) is 0 Å². The van der Waals surface area contributed by atoms with Gasteiger partial charge in [-0.1, -0.05) is 6.42 Å². The molecular weight excluding hydrogens is 240 g/mol. The van der Waals surface area contributed by atoms with Gasteiger partial charge >= 0.3 is 0 Å². The molecule has 1 N–H and O–H groups in total. The van der Waals surface area contributed by atoms with Crippen LogP contribution in [0.15, 0.2) is 18.2 Å². The molecule has 1 unspecified atom stereocenters.